The Balaban J connectivity index is 1.42. The number of nitrogens with one attached hydrogen (secondary N) is 1. The van der Waals surface area contributed by atoms with Gasteiger partial charge in [-0.2, -0.15) is 0 Å². The minimum absolute atomic E-state index is 0.109. The molecule has 2 aromatic carbocycles. The van der Waals surface area contributed by atoms with Gasteiger partial charge in [0.2, 0.25) is 0 Å². The Hall–Kier alpha value is -4.50. The van der Waals surface area contributed by atoms with Crippen molar-refractivity contribution in [3.63, 3.8) is 0 Å². The van der Waals surface area contributed by atoms with E-state index in [4.69, 9.17) is 9.84 Å². The summed E-state index contributed by atoms with van der Waals surface area (Å²) in [5.41, 5.74) is 3.66. The lowest BCUT2D eigenvalue weighted by molar-refractivity contribution is -0.136. The molecule has 0 fully saturated rings. The molecule has 188 valence electrons. The highest BCUT2D eigenvalue weighted by Crippen LogP contribution is 2.33. The van der Waals surface area contributed by atoms with Gasteiger partial charge in [-0.05, 0) is 55.5 Å². The fraction of sp³-hybridized carbons (Fsp3) is 0.214. The first kappa shape index (κ1) is 24.2. The third-order valence-corrected chi connectivity index (χ3v) is 6.18. The molecule has 0 unspecified atom stereocenters. The molecular formula is C28H28N6O3. The summed E-state index contributed by atoms with van der Waals surface area (Å²) in [6.45, 7) is 2.51. The number of hydrogen-bond acceptors (Lipinski definition) is 7. The van der Waals surface area contributed by atoms with Crippen LogP contribution in [0.1, 0.15) is 12.6 Å². The van der Waals surface area contributed by atoms with Crippen LogP contribution < -0.4 is 10.1 Å². The van der Waals surface area contributed by atoms with E-state index in [0.29, 0.717) is 29.0 Å². The average molecular weight is 497 g/mol. The Morgan fingerprint density at radius 2 is 2.00 bits per heavy atom. The molecule has 0 spiro atoms. The van der Waals surface area contributed by atoms with Crippen LogP contribution >= 0.6 is 0 Å². The van der Waals surface area contributed by atoms with Gasteiger partial charge in [-0.1, -0.05) is 12.1 Å². The summed E-state index contributed by atoms with van der Waals surface area (Å²) in [7, 11) is 1.64. The molecule has 1 amide bonds. The summed E-state index contributed by atoms with van der Waals surface area (Å²) in [4.78, 5) is 27.4. The van der Waals surface area contributed by atoms with Gasteiger partial charge in [-0.25, -0.2) is 9.97 Å². The quantitative estimate of drug-likeness (QED) is 0.318. The highest BCUT2D eigenvalue weighted by molar-refractivity contribution is 5.97. The Morgan fingerprint density at radius 3 is 2.81 bits per heavy atom. The molecule has 5 rings (SSSR count). The Bertz CT molecular complexity index is 1530. The largest absolute Gasteiger partial charge is 0.480 e. The van der Waals surface area contributed by atoms with Crippen molar-refractivity contribution in [2.75, 3.05) is 25.5 Å². The zero-order valence-corrected chi connectivity index (χ0v) is 20.7. The molecule has 0 aliphatic rings. The van der Waals surface area contributed by atoms with E-state index in [-0.39, 0.29) is 19.1 Å². The molecule has 0 saturated carbocycles. The number of pyridine rings is 1. The fourth-order valence-electron chi connectivity index (χ4n) is 4.30. The zero-order valence-electron chi connectivity index (χ0n) is 20.7. The molecule has 0 saturated heterocycles. The van der Waals surface area contributed by atoms with Crippen LogP contribution in [0.15, 0.2) is 79.4 Å². The van der Waals surface area contributed by atoms with Crippen LogP contribution in [0.2, 0.25) is 0 Å². The topological polar surface area (TPSA) is 105 Å². The number of benzene rings is 2. The monoisotopic (exact) mass is 496 g/mol. The summed E-state index contributed by atoms with van der Waals surface area (Å²) in [6, 6.07) is 19.6. The average Bonchev–Trinajstić information content (AvgIpc) is 3.31. The lowest BCUT2D eigenvalue weighted by Gasteiger charge is -2.22. The van der Waals surface area contributed by atoms with E-state index in [1.807, 2.05) is 36.4 Å². The summed E-state index contributed by atoms with van der Waals surface area (Å²) < 4.78 is 8.23. The van der Waals surface area contributed by atoms with Gasteiger partial charge in [0, 0.05) is 42.6 Å². The maximum absolute atomic E-state index is 12.6. The highest BCUT2D eigenvalue weighted by Gasteiger charge is 2.21. The summed E-state index contributed by atoms with van der Waals surface area (Å²) in [6.07, 6.45) is 4.61. The highest BCUT2D eigenvalue weighted by atomic mass is 16.5. The summed E-state index contributed by atoms with van der Waals surface area (Å²) >= 11 is 0. The van der Waals surface area contributed by atoms with Gasteiger partial charge >= 0.3 is 0 Å². The number of amides is 1. The first-order chi connectivity index (χ1) is 18.0. The second-order valence-electron chi connectivity index (χ2n) is 8.78. The second-order valence-corrected chi connectivity index (χ2v) is 8.78. The lowest BCUT2D eigenvalue weighted by Crippen LogP contribution is -2.39. The predicted molar refractivity (Wildman–Crippen MR) is 143 cm³/mol. The van der Waals surface area contributed by atoms with Crippen LogP contribution in [0.5, 0.6) is 5.75 Å². The van der Waals surface area contributed by atoms with Crippen molar-refractivity contribution in [3.05, 3.63) is 85.1 Å². The molecule has 0 bridgehead atoms. The molecule has 2 N–H and O–H groups in total. The Morgan fingerprint density at radius 1 is 1.11 bits per heavy atom. The number of carbonyl (C=O) groups excluding carboxylic acids is 1. The van der Waals surface area contributed by atoms with E-state index in [0.717, 1.165) is 22.3 Å². The van der Waals surface area contributed by atoms with Gasteiger partial charge in [0.1, 0.15) is 17.9 Å². The number of rotatable bonds is 9. The normalized spacial score (nSPS) is 12.0. The minimum Gasteiger partial charge on any atom is -0.480 e. The third kappa shape index (κ3) is 5.22. The predicted octanol–water partition coefficient (Wildman–Crippen LogP) is 3.99. The minimum atomic E-state index is -0.745. The number of anilines is 2. The molecule has 9 nitrogen and oxygen atoms in total. The lowest BCUT2D eigenvalue weighted by atomic mass is 10.2. The number of fused-ring (bicyclic) bond motifs is 2. The van der Waals surface area contributed by atoms with E-state index < -0.39 is 6.10 Å². The van der Waals surface area contributed by atoms with E-state index in [9.17, 15) is 4.79 Å². The van der Waals surface area contributed by atoms with Crippen LogP contribution in [0.4, 0.5) is 11.5 Å². The van der Waals surface area contributed by atoms with E-state index in [1.165, 1.54) is 11.2 Å². The molecule has 0 aliphatic carbocycles. The summed E-state index contributed by atoms with van der Waals surface area (Å²) in [5.74, 6) is 0.857. The van der Waals surface area contributed by atoms with Crippen molar-refractivity contribution in [1.29, 1.82) is 0 Å². The van der Waals surface area contributed by atoms with Crippen LogP contribution in [-0.4, -0.2) is 61.7 Å². The molecule has 37 heavy (non-hydrogen) atoms. The van der Waals surface area contributed by atoms with Crippen LogP contribution in [-0.2, 0) is 11.3 Å². The van der Waals surface area contributed by atoms with Crippen molar-refractivity contribution in [2.24, 2.45) is 0 Å². The van der Waals surface area contributed by atoms with Crippen LogP contribution in [0.25, 0.3) is 21.8 Å². The van der Waals surface area contributed by atoms with E-state index >= 15 is 0 Å². The number of aromatic nitrogens is 4. The van der Waals surface area contributed by atoms with Gasteiger partial charge in [0.25, 0.3) is 5.91 Å². The number of carbonyl (C=O) groups is 1. The molecule has 3 aromatic heterocycles. The third-order valence-electron chi connectivity index (χ3n) is 6.18. The molecule has 5 aromatic rings. The smallest absolute Gasteiger partial charge is 0.263 e. The first-order valence-electron chi connectivity index (χ1n) is 12.1. The number of nitrogens with zero attached hydrogens (tertiary/aromatic N) is 5. The molecule has 9 heteroatoms. The maximum Gasteiger partial charge on any atom is 0.263 e. The Labute approximate surface area is 214 Å². The van der Waals surface area contributed by atoms with Crippen molar-refractivity contribution in [2.45, 2.75) is 19.6 Å². The van der Waals surface area contributed by atoms with Crippen molar-refractivity contribution < 1.29 is 14.6 Å². The van der Waals surface area contributed by atoms with Gasteiger partial charge < -0.3 is 24.6 Å². The standard InChI is InChI=1S/C28H28N6O3/c1-19(28(36)33(2)14-15-35)37-25-8-5-7-23-26(25)27(31-18-30-23)32-21-9-10-24-20(16-21)11-13-34(24)17-22-6-3-4-12-29-22/h3-13,16,18-19,35H,14-15,17H2,1-2H3,(H,30,31,32)/t19-/m1/s1. The van der Waals surface area contributed by atoms with E-state index in [1.54, 1.807) is 26.2 Å². The number of ether oxygens (including phenoxy) is 1. The summed E-state index contributed by atoms with van der Waals surface area (Å²) in [5, 5.41) is 14.3. The van der Waals surface area contributed by atoms with E-state index in [2.05, 4.69) is 49.2 Å². The number of hydrogen-bond donors (Lipinski definition) is 2. The molecular weight excluding hydrogens is 468 g/mol. The van der Waals surface area contributed by atoms with Crippen molar-refractivity contribution >= 4 is 39.2 Å². The first-order valence-corrected chi connectivity index (χ1v) is 12.1. The number of aliphatic hydroxyl groups is 1. The molecule has 0 radical (unpaired) electrons. The van der Waals surface area contributed by atoms with Gasteiger partial charge in [0.15, 0.2) is 6.10 Å². The number of aliphatic hydroxyl groups excluding tert-OH is 1. The van der Waals surface area contributed by atoms with Gasteiger partial charge in [0.05, 0.1) is 29.7 Å². The van der Waals surface area contributed by atoms with Gasteiger partial charge in [-0.3, -0.25) is 9.78 Å². The second kappa shape index (κ2) is 10.6. The molecule has 0 aliphatic heterocycles. The maximum atomic E-state index is 12.6. The Kier molecular flexibility index (Phi) is 6.96. The molecule has 3 heterocycles. The fourth-order valence-corrected chi connectivity index (χ4v) is 4.30. The van der Waals surface area contributed by atoms with Crippen LogP contribution in [0, 0.1) is 0 Å². The van der Waals surface area contributed by atoms with Crippen LogP contribution in [0.3, 0.4) is 0 Å². The SMILES string of the molecule is C[C@@H](Oc1cccc2ncnc(Nc3ccc4c(ccn4Cc4ccccn4)c3)c12)C(=O)N(C)CCO. The van der Waals surface area contributed by atoms with Crippen molar-refractivity contribution in [3.8, 4) is 5.75 Å². The number of likely N-dealkylation sites (N-methyl/N-ethyl adjacent to an activating group) is 1. The van der Waals surface area contributed by atoms with Crippen molar-refractivity contribution in [1.82, 2.24) is 24.4 Å². The molecule has 1 atom stereocenters. The zero-order chi connectivity index (χ0) is 25.8. The van der Waals surface area contributed by atoms with Gasteiger partial charge in [-0.15, -0.1) is 0 Å².